The van der Waals surface area contributed by atoms with Crippen LogP contribution in [0.5, 0.6) is 0 Å². The average Bonchev–Trinajstić information content (AvgIpc) is 2.96. The van der Waals surface area contributed by atoms with Crippen molar-refractivity contribution in [1.82, 2.24) is 5.32 Å². The Hall–Kier alpha value is -1.61. The van der Waals surface area contributed by atoms with Crippen LogP contribution in [0.15, 0.2) is 41.8 Å². The topological polar surface area (TPSA) is 29.1 Å². The predicted octanol–water partition coefficient (Wildman–Crippen LogP) is 4.09. The molecule has 1 amide bonds. The Kier molecular flexibility index (Phi) is 5.81. The van der Waals surface area contributed by atoms with Crippen LogP contribution in [0.3, 0.4) is 0 Å². The average molecular weight is 287 g/mol. The van der Waals surface area contributed by atoms with Gasteiger partial charge in [0.05, 0.1) is 0 Å². The number of hydrogen-bond donors (Lipinski definition) is 1. The van der Waals surface area contributed by atoms with Crippen molar-refractivity contribution in [3.63, 3.8) is 0 Å². The van der Waals surface area contributed by atoms with Gasteiger partial charge in [-0.1, -0.05) is 35.9 Å². The van der Waals surface area contributed by atoms with Crippen LogP contribution in [-0.4, -0.2) is 5.91 Å². The lowest BCUT2D eigenvalue weighted by Crippen LogP contribution is -2.22. The van der Waals surface area contributed by atoms with Crippen molar-refractivity contribution in [3.8, 4) is 0 Å². The molecule has 0 bridgehead atoms. The van der Waals surface area contributed by atoms with E-state index in [0.29, 0.717) is 13.0 Å². The lowest BCUT2D eigenvalue weighted by Gasteiger charge is -2.05. The van der Waals surface area contributed by atoms with Crippen molar-refractivity contribution in [2.45, 2.75) is 39.2 Å². The van der Waals surface area contributed by atoms with Gasteiger partial charge in [0.15, 0.2) is 0 Å². The fourth-order valence-corrected chi connectivity index (χ4v) is 2.79. The maximum atomic E-state index is 11.7. The van der Waals surface area contributed by atoms with Gasteiger partial charge >= 0.3 is 0 Å². The highest BCUT2D eigenvalue weighted by Crippen LogP contribution is 2.12. The van der Waals surface area contributed by atoms with E-state index in [9.17, 15) is 4.79 Å². The molecule has 0 atom stereocenters. The van der Waals surface area contributed by atoms with Gasteiger partial charge in [0.25, 0.3) is 0 Å². The lowest BCUT2D eigenvalue weighted by atomic mass is 10.1. The third kappa shape index (κ3) is 5.17. The van der Waals surface area contributed by atoms with E-state index in [1.807, 2.05) is 0 Å². The van der Waals surface area contributed by atoms with Crippen LogP contribution in [0.4, 0.5) is 0 Å². The summed E-state index contributed by atoms with van der Waals surface area (Å²) in [6, 6.07) is 12.5. The second-order valence-electron chi connectivity index (χ2n) is 5.05. The third-order valence-corrected chi connectivity index (χ3v) is 4.20. The van der Waals surface area contributed by atoms with Gasteiger partial charge in [-0.2, -0.15) is 0 Å². The first kappa shape index (κ1) is 14.8. The molecule has 0 aliphatic heterocycles. The molecule has 2 aromatic rings. The summed E-state index contributed by atoms with van der Waals surface area (Å²) in [5, 5.41) is 5.08. The summed E-state index contributed by atoms with van der Waals surface area (Å²) >= 11 is 1.79. The van der Waals surface area contributed by atoms with Crippen molar-refractivity contribution in [3.05, 3.63) is 57.8 Å². The summed E-state index contributed by atoms with van der Waals surface area (Å²) in [5.74, 6) is 0.150. The number of amides is 1. The molecule has 2 rings (SSSR count). The van der Waals surface area contributed by atoms with Crippen LogP contribution in [0.25, 0.3) is 0 Å². The smallest absolute Gasteiger partial charge is 0.220 e. The first-order valence-corrected chi connectivity index (χ1v) is 7.96. The van der Waals surface area contributed by atoms with Crippen LogP contribution < -0.4 is 5.32 Å². The van der Waals surface area contributed by atoms with Gasteiger partial charge in [0, 0.05) is 17.8 Å². The second kappa shape index (κ2) is 7.85. The quantitative estimate of drug-likeness (QED) is 0.764. The maximum absolute atomic E-state index is 11.7. The molecule has 1 aromatic heterocycles. The Bertz CT molecular complexity index is 516. The summed E-state index contributed by atoms with van der Waals surface area (Å²) in [4.78, 5) is 13.1. The molecule has 0 spiro atoms. The zero-order valence-electron chi connectivity index (χ0n) is 11.9. The van der Waals surface area contributed by atoms with Gasteiger partial charge in [-0.3, -0.25) is 4.79 Å². The standard InChI is InChI=1S/C17H21NOS/c1-14-8-10-15(11-9-14)13-18-17(19)7-3-2-5-16-6-4-12-20-16/h4,6,8-12H,2-3,5,7,13H2,1H3,(H,18,19). The third-order valence-electron chi connectivity index (χ3n) is 3.27. The molecule has 0 aliphatic carbocycles. The zero-order valence-corrected chi connectivity index (χ0v) is 12.7. The largest absolute Gasteiger partial charge is 0.352 e. The zero-order chi connectivity index (χ0) is 14.2. The van der Waals surface area contributed by atoms with E-state index in [1.54, 1.807) is 11.3 Å². The van der Waals surface area contributed by atoms with Gasteiger partial charge in [-0.25, -0.2) is 0 Å². The minimum atomic E-state index is 0.150. The summed E-state index contributed by atoms with van der Waals surface area (Å²) in [7, 11) is 0. The summed E-state index contributed by atoms with van der Waals surface area (Å²) < 4.78 is 0. The normalized spacial score (nSPS) is 10.4. The van der Waals surface area contributed by atoms with Gasteiger partial charge in [0.1, 0.15) is 0 Å². The Morgan fingerprint density at radius 2 is 1.95 bits per heavy atom. The number of nitrogens with one attached hydrogen (secondary N) is 1. The van der Waals surface area contributed by atoms with Crippen LogP contribution in [0.1, 0.15) is 35.3 Å². The number of thiophene rings is 1. The monoisotopic (exact) mass is 287 g/mol. The fourth-order valence-electron chi connectivity index (χ4n) is 2.03. The molecule has 106 valence electrons. The fraction of sp³-hybridized carbons (Fsp3) is 0.353. The maximum Gasteiger partial charge on any atom is 0.220 e. The van der Waals surface area contributed by atoms with Gasteiger partial charge in [-0.15, -0.1) is 11.3 Å². The van der Waals surface area contributed by atoms with Crippen molar-refractivity contribution in [1.29, 1.82) is 0 Å². The van der Waals surface area contributed by atoms with Crippen LogP contribution in [0.2, 0.25) is 0 Å². The summed E-state index contributed by atoms with van der Waals surface area (Å²) in [6.45, 7) is 2.69. The molecule has 0 aliphatic rings. The van der Waals surface area contributed by atoms with Crippen LogP contribution in [0, 0.1) is 6.92 Å². The molecule has 2 nitrogen and oxygen atoms in total. The highest BCUT2D eigenvalue weighted by molar-refractivity contribution is 7.09. The molecule has 0 unspecified atom stereocenters. The number of carbonyl (C=O) groups excluding carboxylic acids is 1. The SMILES string of the molecule is Cc1ccc(CNC(=O)CCCCc2cccs2)cc1. The molecule has 1 N–H and O–H groups in total. The summed E-state index contributed by atoms with van der Waals surface area (Å²) in [5.41, 5.74) is 2.40. The number of carbonyl (C=O) groups is 1. The molecular formula is C17H21NOS. The number of unbranched alkanes of at least 4 members (excludes halogenated alkanes) is 1. The highest BCUT2D eigenvalue weighted by atomic mass is 32.1. The number of hydrogen-bond acceptors (Lipinski definition) is 2. The number of rotatable bonds is 7. The highest BCUT2D eigenvalue weighted by Gasteiger charge is 2.02. The molecule has 0 fully saturated rings. The van der Waals surface area contributed by atoms with Crippen molar-refractivity contribution < 1.29 is 4.79 Å². The van der Waals surface area contributed by atoms with Crippen molar-refractivity contribution in [2.75, 3.05) is 0 Å². The van der Waals surface area contributed by atoms with E-state index < -0.39 is 0 Å². The van der Waals surface area contributed by atoms with E-state index in [0.717, 1.165) is 24.8 Å². The minimum absolute atomic E-state index is 0.150. The Labute approximate surface area is 124 Å². The van der Waals surface area contributed by atoms with Gasteiger partial charge < -0.3 is 5.32 Å². The van der Waals surface area contributed by atoms with Gasteiger partial charge in [0.2, 0.25) is 5.91 Å². The van der Waals surface area contributed by atoms with E-state index in [4.69, 9.17) is 0 Å². The Morgan fingerprint density at radius 1 is 1.15 bits per heavy atom. The Balaban J connectivity index is 1.59. The van der Waals surface area contributed by atoms with Crippen LogP contribution in [-0.2, 0) is 17.8 Å². The second-order valence-corrected chi connectivity index (χ2v) is 6.08. The van der Waals surface area contributed by atoms with Crippen molar-refractivity contribution in [2.24, 2.45) is 0 Å². The minimum Gasteiger partial charge on any atom is -0.352 e. The molecule has 1 aromatic carbocycles. The molecule has 0 saturated heterocycles. The van der Waals surface area contributed by atoms with E-state index in [2.05, 4.69) is 54.0 Å². The van der Waals surface area contributed by atoms with E-state index in [1.165, 1.54) is 10.4 Å². The Morgan fingerprint density at radius 3 is 2.65 bits per heavy atom. The number of benzene rings is 1. The summed E-state index contributed by atoms with van der Waals surface area (Å²) in [6.07, 6.45) is 3.75. The van der Waals surface area contributed by atoms with Crippen molar-refractivity contribution >= 4 is 17.2 Å². The van der Waals surface area contributed by atoms with E-state index >= 15 is 0 Å². The molecule has 3 heteroatoms. The first-order chi connectivity index (χ1) is 9.74. The molecule has 1 heterocycles. The first-order valence-electron chi connectivity index (χ1n) is 7.08. The van der Waals surface area contributed by atoms with Crippen LogP contribution >= 0.6 is 11.3 Å². The molecule has 0 saturated carbocycles. The molecular weight excluding hydrogens is 266 g/mol. The number of aryl methyl sites for hydroxylation is 2. The lowest BCUT2D eigenvalue weighted by molar-refractivity contribution is -0.121. The van der Waals surface area contributed by atoms with E-state index in [-0.39, 0.29) is 5.91 Å². The molecule has 20 heavy (non-hydrogen) atoms. The molecule has 0 radical (unpaired) electrons. The predicted molar refractivity (Wildman–Crippen MR) is 84.9 cm³/mol. The van der Waals surface area contributed by atoms with Gasteiger partial charge in [-0.05, 0) is 43.2 Å².